The van der Waals surface area contributed by atoms with Gasteiger partial charge in [0.25, 0.3) is 0 Å². The monoisotopic (exact) mass is 401 g/mol. The number of aryl methyl sites for hydroxylation is 2. The Hall–Kier alpha value is -3.81. The molecule has 1 N–H and O–H groups in total. The third kappa shape index (κ3) is 3.98. The maximum atomic E-state index is 5.50. The number of hydrogen-bond acceptors (Lipinski definition) is 7. The van der Waals surface area contributed by atoms with E-state index in [1.165, 1.54) is 0 Å². The summed E-state index contributed by atoms with van der Waals surface area (Å²) < 4.78 is 7.38. The topological polar surface area (TPSA) is 90.6 Å². The fourth-order valence-corrected chi connectivity index (χ4v) is 3.14. The summed E-state index contributed by atoms with van der Waals surface area (Å²) in [6.07, 6.45) is 5.44. The van der Waals surface area contributed by atoms with Crippen molar-refractivity contribution < 1.29 is 4.74 Å². The second-order valence-electron chi connectivity index (χ2n) is 7.03. The molecule has 0 amide bonds. The van der Waals surface area contributed by atoms with Gasteiger partial charge in [0.2, 0.25) is 5.88 Å². The van der Waals surface area contributed by atoms with Crippen molar-refractivity contribution in [2.24, 2.45) is 0 Å². The predicted octanol–water partition coefficient (Wildman–Crippen LogP) is 3.92. The van der Waals surface area contributed by atoms with E-state index in [2.05, 4.69) is 30.5 Å². The average Bonchev–Trinajstić information content (AvgIpc) is 3.21. The van der Waals surface area contributed by atoms with Gasteiger partial charge in [-0.1, -0.05) is 6.07 Å². The van der Waals surface area contributed by atoms with Crippen LogP contribution in [-0.4, -0.2) is 36.8 Å². The van der Waals surface area contributed by atoms with Crippen LogP contribution in [0.15, 0.2) is 55.1 Å². The van der Waals surface area contributed by atoms with Crippen LogP contribution in [0.3, 0.4) is 0 Å². The molecule has 0 unspecified atom stereocenters. The Morgan fingerprint density at radius 2 is 1.90 bits per heavy atom. The lowest BCUT2D eigenvalue weighted by Gasteiger charge is -2.15. The maximum Gasteiger partial charge on any atom is 0.238 e. The van der Waals surface area contributed by atoms with Gasteiger partial charge in [-0.2, -0.15) is 0 Å². The molecule has 0 aliphatic rings. The summed E-state index contributed by atoms with van der Waals surface area (Å²) in [5, 5.41) is 12.1. The summed E-state index contributed by atoms with van der Waals surface area (Å²) in [5.74, 6) is 1.21. The molecule has 0 aliphatic heterocycles. The van der Waals surface area contributed by atoms with E-state index in [4.69, 9.17) is 4.74 Å². The second kappa shape index (κ2) is 8.28. The van der Waals surface area contributed by atoms with E-state index in [9.17, 15) is 0 Å². The van der Waals surface area contributed by atoms with Crippen molar-refractivity contribution in [3.63, 3.8) is 0 Å². The summed E-state index contributed by atoms with van der Waals surface area (Å²) in [6.45, 7) is 5.97. The summed E-state index contributed by atoms with van der Waals surface area (Å²) >= 11 is 0. The van der Waals surface area contributed by atoms with Gasteiger partial charge in [-0.25, -0.2) is 9.97 Å². The molecule has 8 nitrogen and oxygen atoms in total. The van der Waals surface area contributed by atoms with Crippen LogP contribution in [-0.2, 0) is 0 Å². The van der Waals surface area contributed by atoms with Crippen LogP contribution < -0.4 is 10.1 Å². The average molecular weight is 401 g/mol. The van der Waals surface area contributed by atoms with E-state index >= 15 is 0 Å². The zero-order valence-electron chi connectivity index (χ0n) is 17.4. The standard InChI is InChI=1S/C22H23N7O/c1-14-11-19(27-28-21(14)25-16(3)17-7-5-6-10-23-17)18-8-9-20(22(26-18)30-4)29-12-15(2)24-13-29/h5-13,16H,1-4H3,(H,25,28)/t16-/m0/s1. The van der Waals surface area contributed by atoms with Crippen molar-refractivity contribution >= 4 is 5.82 Å². The number of hydrogen-bond donors (Lipinski definition) is 1. The first-order chi connectivity index (χ1) is 14.5. The van der Waals surface area contributed by atoms with Crippen LogP contribution in [0.25, 0.3) is 17.1 Å². The lowest BCUT2D eigenvalue weighted by atomic mass is 10.1. The molecule has 4 aromatic rings. The first-order valence-electron chi connectivity index (χ1n) is 9.63. The first kappa shape index (κ1) is 19.5. The Morgan fingerprint density at radius 3 is 2.57 bits per heavy atom. The van der Waals surface area contributed by atoms with Crippen molar-refractivity contribution in [2.75, 3.05) is 12.4 Å². The number of pyridine rings is 2. The SMILES string of the molecule is COc1nc(-c2cc(C)c(N[C@@H](C)c3ccccn3)nn2)ccc1-n1cnc(C)c1. The van der Waals surface area contributed by atoms with Crippen molar-refractivity contribution in [2.45, 2.75) is 26.8 Å². The number of imidazole rings is 1. The Labute approximate surface area is 175 Å². The molecule has 0 aliphatic carbocycles. The Bertz CT molecular complexity index is 1160. The van der Waals surface area contributed by atoms with Gasteiger partial charge in [0, 0.05) is 12.4 Å². The van der Waals surface area contributed by atoms with Gasteiger partial charge in [0.1, 0.15) is 11.4 Å². The Balaban J connectivity index is 1.59. The summed E-state index contributed by atoms with van der Waals surface area (Å²) in [6, 6.07) is 11.7. The van der Waals surface area contributed by atoms with Gasteiger partial charge >= 0.3 is 0 Å². The number of nitrogens with one attached hydrogen (secondary N) is 1. The van der Waals surface area contributed by atoms with Gasteiger partial charge in [-0.05, 0) is 56.7 Å². The van der Waals surface area contributed by atoms with Gasteiger partial charge in [0.05, 0.1) is 36.6 Å². The molecule has 0 fully saturated rings. The molecule has 0 radical (unpaired) electrons. The lowest BCUT2D eigenvalue weighted by molar-refractivity contribution is 0.396. The molecule has 0 bridgehead atoms. The number of aromatic nitrogens is 6. The fraction of sp³-hybridized carbons (Fsp3) is 0.227. The van der Waals surface area contributed by atoms with Gasteiger partial charge in [-0.3, -0.25) is 4.98 Å². The highest BCUT2D eigenvalue weighted by Crippen LogP contribution is 2.27. The number of anilines is 1. The number of methoxy groups -OCH3 is 1. The highest BCUT2D eigenvalue weighted by atomic mass is 16.5. The molecule has 1 atom stereocenters. The molecular formula is C22H23N7O. The molecule has 152 valence electrons. The Morgan fingerprint density at radius 1 is 1.03 bits per heavy atom. The van der Waals surface area contributed by atoms with Crippen LogP contribution in [0.5, 0.6) is 5.88 Å². The molecule has 4 heterocycles. The third-order valence-corrected chi connectivity index (χ3v) is 4.75. The predicted molar refractivity (Wildman–Crippen MR) is 115 cm³/mol. The quantitative estimate of drug-likeness (QED) is 0.524. The molecular weight excluding hydrogens is 378 g/mol. The van der Waals surface area contributed by atoms with Crippen LogP contribution in [0.4, 0.5) is 5.82 Å². The van der Waals surface area contributed by atoms with Crippen molar-refractivity contribution in [3.05, 3.63) is 72.1 Å². The van der Waals surface area contributed by atoms with E-state index in [0.29, 0.717) is 17.3 Å². The number of nitrogens with zero attached hydrogens (tertiary/aromatic N) is 6. The van der Waals surface area contributed by atoms with Crippen LogP contribution >= 0.6 is 0 Å². The van der Waals surface area contributed by atoms with Crippen LogP contribution in [0.1, 0.15) is 29.9 Å². The van der Waals surface area contributed by atoms with Crippen molar-refractivity contribution in [1.29, 1.82) is 0 Å². The lowest BCUT2D eigenvalue weighted by Crippen LogP contribution is -2.11. The van der Waals surface area contributed by atoms with Gasteiger partial charge in [0.15, 0.2) is 5.82 Å². The summed E-state index contributed by atoms with van der Waals surface area (Å²) in [5.41, 5.74) is 5.01. The zero-order valence-corrected chi connectivity index (χ0v) is 17.4. The van der Waals surface area contributed by atoms with Gasteiger partial charge < -0.3 is 14.6 Å². The van der Waals surface area contributed by atoms with E-state index in [-0.39, 0.29) is 6.04 Å². The van der Waals surface area contributed by atoms with Crippen molar-refractivity contribution in [1.82, 2.24) is 29.7 Å². The normalized spacial score (nSPS) is 11.9. The summed E-state index contributed by atoms with van der Waals surface area (Å²) in [7, 11) is 1.60. The van der Waals surface area contributed by atoms with E-state index < -0.39 is 0 Å². The maximum absolute atomic E-state index is 5.50. The minimum absolute atomic E-state index is 0.0150. The number of rotatable bonds is 6. The molecule has 4 aromatic heterocycles. The molecule has 30 heavy (non-hydrogen) atoms. The van der Waals surface area contributed by atoms with Crippen LogP contribution in [0.2, 0.25) is 0 Å². The van der Waals surface area contributed by atoms with E-state index in [1.807, 2.05) is 67.9 Å². The van der Waals surface area contributed by atoms with E-state index in [1.54, 1.807) is 19.6 Å². The first-order valence-corrected chi connectivity index (χ1v) is 9.63. The molecule has 0 saturated carbocycles. The van der Waals surface area contributed by atoms with Crippen molar-refractivity contribution in [3.8, 4) is 23.0 Å². The zero-order chi connectivity index (χ0) is 21.1. The third-order valence-electron chi connectivity index (χ3n) is 4.75. The fourth-order valence-electron chi connectivity index (χ4n) is 3.14. The molecule has 0 spiro atoms. The largest absolute Gasteiger partial charge is 0.479 e. The number of ether oxygens (including phenoxy) is 1. The molecule has 0 aromatic carbocycles. The highest BCUT2D eigenvalue weighted by molar-refractivity contribution is 5.61. The van der Waals surface area contributed by atoms with E-state index in [0.717, 1.165) is 28.5 Å². The second-order valence-corrected chi connectivity index (χ2v) is 7.03. The molecule has 0 saturated heterocycles. The Kier molecular flexibility index (Phi) is 5.38. The molecule has 8 heteroatoms. The minimum Gasteiger partial charge on any atom is -0.479 e. The smallest absolute Gasteiger partial charge is 0.238 e. The van der Waals surface area contributed by atoms with Gasteiger partial charge in [-0.15, -0.1) is 10.2 Å². The van der Waals surface area contributed by atoms with Crippen LogP contribution in [0, 0.1) is 13.8 Å². The highest BCUT2D eigenvalue weighted by Gasteiger charge is 2.14. The minimum atomic E-state index is 0.0150. The molecule has 4 rings (SSSR count). The summed E-state index contributed by atoms with van der Waals surface area (Å²) in [4.78, 5) is 13.3.